The second-order valence-corrected chi connectivity index (χ2v) is 5.44. The second-order valence-electron chi connectivity index (χ2n) is 5.44. The molecule has 2 N–H and O–H groups in total. The highest BCUT2D eigenvalue weighted by molar-refractivity contribution is 5.94. The van der Waals surface area contributed by atoms with Crippen LogP contribution >= 0.6 is 0 Å². The van der Waals surface area contributed by atoms with Gasteiger partial charge in [0.05, 0.1) is 4.92 Å². The number of nitrogens with two attached hydrogens (primary N) is 1. The number of nitro groups is 1. The molecule has 25 heavy (non-hydrogen) atoms. The van der Waals surface area contributed by atoms with Crippen LogP contribution in [0.2, 0.25) is 0 Å². The lowest BCUT2D eigenvalue weighted by Gasteiger charge is -2.15. The molecule has 0 unspecified atom stereocenters. The van der Waals surface area contributed by atoms with Gasteiger partial charge in [-0.05, 0) is 29.3 Å². The van der Waals surface area contributed by atoms with E-state index < -0.39 is 10.8 Å². The predicted octanol–water partition coefficient (Wildman–Crippen LogP) is 2.37. The Balaban J connectivity index is 1.97. The summed E-state index contributed by atoms with van der Waals surface area (Å²) in [6.07, 6.45) is 3.06. The minimum Gasteiger partial charge on any atom is -0.366 e. The van der Waals surface area contributed by atoms with Gasteiger partial charge in [-0.1, -0.05) is 24.3 Å². The first-order valence-electron chi connectivity index (χ1n) is 7.43. The largest absolute Gasteiger partial charge is 0.366 e. The number of carbonyl (C=O) groups excluding carboxylic acids is 2. The molecule has 0 aliphatic rings. The van der Waals surface area contributed by atoms with Gasteiger partial charge in [-0.3, -0.25) is 19.7 Å². The first kappa shape index (κ1) is 17.9. The van der Waals surface area contributed by atoms with Crippen LogP contribution < -0.4 is 5.73 Å². The number of hydrogen-bond donors (Lipinski definition) is 1. The summed E-state index contributed by atoms with van der Waals surface area (Å²) in [5.41, 5.74) is 7.14. The summed E-state index contributed by atoms with van der Waals surface area (Å²) in [4.78, 5) is 34.8. The standard InChI is InChI=1S/C18H17N3O4/c1-20(12-14-4-9-16(10-5-14)21(24)25)17(22)11-6-13-2-7-15(8-3-13)18(19)23/h2-11H,12H2,1H3,(H2,19,23)/b11-6+. The van der Waals surface area contributed by atoms with E-state index in [1.165, 1.54) is 23.1 Å². The van der Waals surface area contributed by atoms with Crippen LogP contribution in [0, 0.1) is 10.1 Å². The van der Waals surface area contributed by atoms with Gasteiger partial charge >= 0.3 is 0 Å². The number of nitro benzene ring substituents is 1. The number of nitrogens with zero attached hydrogens (tertiary/aromatic N) is 2. The molecule has 0 atom stereocenters. The van der Waals surface area contributed by atoms with Crippen LogP contribution in [0.5, 0.6) is 0 Å². The lowest BCUT2D eigenvalue weighted by atomic mass is 10.1. The van der Waals surface area contributed by atoms with Crippen molar-refractivity contribution in [3.05, 3.63) is 81.4 Å². The summed E-state index contributed by atoms with van der Waals surface area (Å²) in [7, 11) is 1.64. The number of likely N-dealkylation sites (N-methyl/N-ethyl adjacent to an activating group) is 1. The maximum absolute atomic E-state index is 12.1. The molecule has 7 heteroatoms. The minimum absolute atomic E-state index is 0.0111. The second kappa shape index (κ2) is 7.87. The van der Waals surface area contributed by atoms with Crippen molar-refractivity contribution in [3.63, 3.8) is 0 Å². The molecule has 0 saturated heterocycles. The normalized spacial score (nSPS) is 10.6. The zero-order valence-corrected chi connectivity index (χ0v) is 13.6. The number of rotatable bonds is 6. The fraction of sp³-hybridized carbons (Fsp3) is 0.111. The molecule has 128 valence electrons. The first-order chi connectivity index (χ1) is 11.9. The van der Waals surface area contributed by atoms with Gasteiger partial charge in [0.25, 0.3) is 5.69 Å². The van der Waals surface area contributed by atoms with Crippen molar-refractivity contribution >= 4 is 23.6 Å². The van der Waals surface area contributed by atoms with Crippen molar-refractivity contribution in [2.75, 3.05) is 7.05 Å². The summed E-state index contributed by atoms with van der Waals surface area (Å²) in [6, 6.07) is 12.6. The Morgan fingerprint density at radius 3 is 2.24 bits per heavy atom. The topological polar surface area (TPSA) is 107 Å². The molecule has 0 saturated carbocycles. The number of benzene rings is 2. The lowest BCUT2D eigenvalue weighted by Crippen LogP contribution is -2.24. The summed E-state index contributed by atoms with van der Waals surface area (Å²) in [5.74, 6) is -0.716. The smallest absolute Gasteiger partial charge is 0.269 e. The van der Waals surface area contributed by atoms with Crippen LogP contribution in [0.15, 0.2) is 54.6 Å². The SMILES string of the molecule is CN(Cc1ccc([N+](=O)[O-])cc1)C(=O)/C=C/c1ccc(C(N)=O)cc1. The summed E-state index contributed by atoms with van der Waals surface area (Å²) < 4.78 is 0. The molecule has 2 aromatic carbocycles. The predicted molar refractivity (Wildman–Crippen MR) is 93.6 cm³/mol. The lowest BCUT2D eigenvalue weighted by molar-refractivity contribution is -0.384. The molecule has 0 radical (unpaired) electrons. The number of hydrogen-bond acceptors (Lipinski definition) is 4. The van der Waals surface area contributed by atoms with E-state index in [4.69, 9.17) is 5.73 Å². The van der Waals surface area contributed by atoms with E-state index >= 15 is 0 Å². The molecular weight excluding hydrogens is 322 g/mol. The van der Waals surface area contributed by atoms with E-state index in [2.05, 4.69) is 0 Å². The molecular formula is C18H17N3O4. The third-order valence-electron chi connectivity index (χ3n) is 3.56. The van der Waals surface area contributed by atoms with E-state index in [-0.39, 0.29) is 11.6 Å². The molecule has 0 aliphatic heterocycles. The molecule has 0 heterocycles. The highest BCUT2D eigenvalue weighted by Gasteiger charge is 2.08. The third kappa shape index (κ3) is 5.00. The van der Waals surface area contributed by atoms with Gasteiger partial charge in [0, 0.05) is 37.4 Å². The molecule has 0 spiro atoms. The molecule has 2 rings (SSSR count). The maximum atomic E-state index is 12.1. The van der Waals surface area contributed by atoms with Crippen LogP contribution in [-0.2, 0) is 11.3 Å². The maximum Gasteiger partial charge on any atom is 0.269 e. The molecule has 2 aromatic rings. The van der Waals surface area contributed by atoms with E-state index in [0.29, 0.717) is 12.1 Å². The fourth-order valence-electron chi connectivity index (χ4n) is 2.13. The Kier molecular flexibility index (Phi) is 5.62. The number of amides is 2. The molecule has 0 bridgehead atoms. The first-order valence-corrected chi connectivity index (χ1v) is 7.43. The molecule has 0 aromatic heterocycles. The average Bonchev–Trinajstić information content (AvgIpc) is 2.60. The van der Waals surface area contributed by atoms with E-state index in [1.54, 1.807) is 49.5 Å². The quantitative estimate of drug-likeness (QED) is 0.495. The highest BCUT2D eigenvalue weighted by atomic mass is 16.6. The van der Waals surface area contributed by atoms with Crippen LogP contribution in [0.4, 0.5) is 5.69 Å². The van der Waals surface area contributed by atoms with Crippen molar-refractivity contribution in [1.29, 1.82) is 0 Å². The summed E-state index contributed by atoms with van der Waals surface area (Å²) in [5, 5.41) is 10.6. The Bertz CT molecular complexity index is 811. The fourth-order valence-corrected chi connectivity index (χ4v) is 2.13. The van der Waals surface area contributed by atoms with Crippen LogP contribution in [0.3, 0.4) is 0 Å². The highest BCUT2D eigenvalue weighted by Crippen LogP contribution is 2.13. The van der Waals surface area contributed by atoms with Crippen molar-refractivity contribution in [2.24, 2.45) is 5.73 Å². The third-order valence-corrected chi connectivity index (χ3v) is 3.56. The van der Waals surface area contributed by atoms with Gasteiger partial charge in [-0.2, -0.15) is 0 Å². The van der Waals surface area contributed by atoms with E-state index in [1.807, 2.05) is 0 Å². The van der Waals surface area contributed by atoms with E-state index in [0.717, 1.165) is 11.1 Å². The van der Waals surface area contributed by atoms with Crippen molar-refractivity contribution < 1.29 is 14.5 Å². The summed E-state index contributed by atoms with van der Waals surface area (Å²) >= 11 is 0. The van der Waals surface area contributed by atoms with Gasteiger partial charge in [-0.25, -0.2) is 0 Å². The van der Waals surface area contributed by atoms with E-state index in [9.17, 15) is 19.7 Å². The average molecular weight is 339 g/mol. The van der Waals surface area contributed by atoms with Crippen molar-refractivity contribution in [2.45, 2.75) is 6.54 Å². The monoisotopic (exact) mass is 339 g/mol. The van der Waals surface area contributed by atoms with Gasteiger partial charge in [0.2, 0.25) is 11.8 Å². The van der Waals surface area contributed by atoms with Crippen molar-refractivity contribution in [3.8, 4) is 0 Å². The number of non-ortho nitro benzene ring substituents is 1. The molecule has 0 fully saturated rings. The van der Waals surface area contributed by atoms with Crippen molar-refractivity contribution in [1.82, 2.24) is 4.90 Å². The van der Waals surface area contributed by atoms with Crippen LogP contribution in [0.1, 0.15) is 21.5 Å². The Hall–Kier alpha value is -3.48. The minimum atomic E-state index is -0.505. The van der Waals surface area contributed by atoms with Gasteiger partial charge in [0.1, 0.15) is 0 Å². The molecule has 2 amide bonds. The Morgan fingerprint density at radius 2 is 1.72 bits per heavy atom. The Labute approximate surface area is 144 Å². The van der Waals surface area contributed by atoms with Crippen LogP contribution in [0.25, 0.3) is 6.08 Å². The zero-order chi connectivity index (χ0) is 18.4. The number of primary amides is 1. The molecule has 0 aliphatic carbocycles. The van der Waals surface area contributed by atoms with Crippen LogP contribution in [-0.4, -0.2) is 28.7 Å². The zero-order valence-electron chi connectivity index (χ0n) is 13.6. The van der Waals surface area contributed by atoms with Gasteiger partial charge < -0.3 is 10.6 Å². The molecule has 7 nitrogen and oxygen atoms in total. The Morgan fingerprint density at radius 1 is 1.12 bits per heavy atom. The van der Waals surface area contributed by atoms with Gasteiger partial charge in [0.15, 0.2) is 0 Å². The summed E-state index contributed by atoms with van der Waals surface area (Å²) in [6.45, 7) is 0.335. The number of carbonyl (C=O) groups is 2. The van der Waals surface area contributed by atoms with Gasteiger partial charge in [-0.15, -0.1) is 0 Å².